The fourth-order valence-corrected chi connectivity index (χ4v) is 3.37. The van der Waals surface area contributed by atoms with Crippen LogP contribution in [-0.4, -0.2) is 22.6 Å². The minimum atomic E-state index is 0.425. The predicted octanol–water partition coefficient (Wildman–Crippen LogP) is 3.49. The van der Waals surface area contributed by atoms with Crippen molar-refractivity contribution in [2.45, 2.75) is 32.7 Å². The molecule has 1 fully saturated rings. The first-order valence-electron chi connectivity index (χ1n) is 7.52. The number of aromatic nitrogens is 1. The van der Waals surface area contributed by atoms with Crippen molar-refractivity contribution >= 4 is 33.8 Å². The Morgan fingerprint density at radius 2 is 2.05 bits per heavy atom. The molecule has 0 saturated carbocycles. The summed E-state index contributed by atoms with van der Waals surface area (Å²) in [7, 11) is 0. The second kappa shape index (κ2) is 5.60. The maximum absolute atomic E-state index is 5.96. The van der Waals surface area contributed by atoms with Gasteiger partial charge in [0.15, 0.2) is 0 Å². The van der Waals surface area contributed by atoms with E-state index in [9.17, 15) is 0 Å². The molecule has 3 nitrogen and oxygen atoms in total. The van der Waals surface area contributed by atoms with Gasteiger partial charge in [-0.2, -0.15) is 0 Å². The molecule has 21 heavy (non-hydrogen) atoms. The van der Waals surface area contributed by atoms with Crippen molar-refractivity contribution in [2.75, 3.05) is 11.4 Å². The lowest BCUT2D eigenvalue weighted by Crippen LogP contribution is -2.42. The Kier molecular flexibility index (Phi) is 3.81. The standard InChI is InChI=1S/C17H21N3S/c1-11-7-8-12(2)20(10-11)16-13-5-3-4-6-15(13)19-9-14(16)17(18)21/h3-6,9,11-12H,7-8,10H2,1-2H3,(H2,18,21). The van der Waals surface area contributed by atoms with Crippen LogP contribution in [0.2, 0.25) is 0 Å². The molecule has 0 aliphatic carbocycles. The quantitative estimate of drug-likeness (QED) is 0.862. The molecular weight excluding hydrogens is 278 g/mol. The number of fused-ring (bicyclic) bond motifs is 1. The van der Waals surface area contributed by atoms with Gasteiger partial charge in [0.05, 0.1) is 16.8 Å². The van der Waals surface area contributed by atoms with Crippen LogP contribution in [0.5, 0.6) is 0 Å². The monoisotopic (exact) mass is 299 g/mol. The van der Waals surface area contributed by atoms with E-state index in [1.807, 2.05) is 18.3 Å². The fourth-order valence-electron chi connectivity index (χ4n) is 3.22. The Balaban J connectivity index is 2.22. The Bertz CT molecular complexity index is 683. The molecule has 1 saturated heterocycles. The van der Waals surface area contributed by atoms with Crippen molar-refractivity contribution in [3.05, 3.63) is 36.0 Å². The van der Waals surface area contributed by atoms with Crippen molar-refractivity contribution in [3.8, 4) is 0 Å². The SMILES string of the molecule is CC1CCC(C)N(c2c(C(N)=S)cnc3ccccc23)C1. The molecule has 3 rings (SSSR count). The van der Waals surface area contributed by atoms with Gasteiger partial charge in [-0.3, -0.25) is 4.98 Å². The van der Waals surface area contributed by atoms with Crippen LogP contribution in [-0.2, 0) is 0 Å². The lowest BCUT2D eigenvalue weighted by atomic mass is 9.93. The maximum Gasteiger partial charge on any atom is 0.107 e. The highest BCUT2D eigenvalue weighted by atomic mass is 32.1. The Morgan fingerprint density at radius 3 is 2.81 bits per heavy atom. The molecule has 0 radical (unpaired) electrons. The van der Waals surface area contributed by atoms with Crippen molar-refractivity contribution in [3.63, 3.8) is 0 Å². The van der Waals surface area contributed by atoms with Crippen LogP contribution in [0.3, 0.4) is 0 Å². The first kappa shape index (κ1) is 14.3. The van der Waals surface area contributed by atoms with Gasteiger partial charge in [-0.1, -0.05) is 37.3 Å². The van der Waals surface area contributed by atoms with Crippen LogP contribution in [0.15, 0.2) is 30.5 Å². The summed E-state index contributed by atoms with van der Waals surface area (Å²) in [4.78, 5) is 7.40. The van der Waals surface area contributed by atoms with Gasteiger partial charge >= 0.3 is 0 Å². The van der Waals surface area contributed by atoms with E-state index in [0.717, 1.165) is 28.7 Å². The second-order valence-electron chi connectivity index (χ2n) is 6.09. The van der Waals surface area contributed by atoms with Gasteiger partial charge in [0.2, 0.25) is 0 Å². The van der Waals surface area contributed by atoms with Gasteiger partial charge in [0.1, 0.15) is 4.99 Å². The third-order valence-electron chi connectivity index (χ3n) is 4.42. The van der Waals surface area contributed by atoms with Crippen LogP contribution in [0.1, 0.15) is 32.3 Å². The highest BCUT2D eigenvalue weighted by Crippen LogP contribution is 2.35. The average molecular weight is 299 g/mol. The van der Waals surface area contributed by atoms with Crippen molar-refractivity contribution in [1.82, 2.24) is 4.98 Å². The molecule has 1 aliphatic heterocycles. The van der Waals surface area contributed by atoms with Crippen LogP contribution in [0.4, 0.5) is 5.69 Å². The van der Waals surface area contributed by atoms with E-state index in [4.69, 9.17) is 18.0 Å². The van der Waals surface area contributed by atoms with E-state index in [0.29, 0.717) is 16.9 Å². The summed E-state index contributed by atoms with van der Waals surface area (Å²) in [6, 6.07) is 8.72. The Morgan fingerprint density at radius 1 is 1.29 bits per heavy atom. The summed E-state index contributed by atoms with van der Waals surface area (Å²) in [5.74, 6) is 0.687. The van der Waals surface area contributed by atoms with Crippen molar-refractivity contribution in [2.24, 2.45) is 11.7 Å². The van der Waals surface area contributed by atoms with Crippen LogP contribution in [0.25, 0.3) is 10.9 Å². The summed E-state index contributed by atoms with van der Waals surface area (Å²) in [6.07, 6.45) is 4.31. The van der Waals surface area contributed by atoms with Crippen molar-refractivity contribution in [1.29, 1.82) is 0 Å². The molecule has 2 N–H and O–H groups in total. The lowest BCUT2D eigenvalue weighted by molar-refractivity contribution is 0.391. The largest absolute Gasteiger partial charge is 0.389 e. The summed E-state index contributed by atoms with van der Waals surface area (Å²) >= 11 is 5.26. The van der Waals surface area contributed by atoms with E-state index in [1.54, 1.807) is 0 Å². The molecule has 0 spiro atoms. The van der Waals surface area contributed by atoms with E-state index in [2.05, 4.69) is 35.9 Å². The molecule has 1 aromatic heterocycles. The normalized spacial score (nSPS) is 22.5. The highest BCUT2D eigenvalue weighted by Gasteiger charge is 2.27. The maximum atomic E-state index is 5.96. The lowest BCUT2D eigenvalue weighted by Gasteiger charge is -2.40. The van der Waals surface area contributed by atoms with Gasteiger partial charge in [0.25, 0.3) is 0 Å². The molecule has 1 aliphatic rings. The zero-order valence-electron chi connectivity index (χ0n) is 12.5. The molecule has 0 amide bonds. The number of hydrogen-bond donors (Lipinski definition) is 1. The summed E-state index contributed by atoms with van der Waals surface area (Å²) < 4.78 is 0. The van der Waals surface area contributed by atoms with Gasteiger partial charge in [-0.05, 0) is 31.7 Å². The Labute approximate surface area is 131 Å². The van der Waals surface area contributed by atoms with Crippen LogP contribution in [0, 0.1) is 5.92 Å². The number of piperidine rings is 1. The number of benzene rings is 1. The molecular formula is C17H21N3S. The molecule has 0 bridgehead atoms. The van der Waals surface area contributed by atoms with E-state index < -0.39 is 0 Å². The van der Waals surface area contributed by atoms with Gasteiger partial charge in [-0.25, -0.2) is 0 Å². The minimum Gasteiger partial charge on any atom is -0.389 e. The molecule has 2 heterocycles. The fraction of sp³-hybridized carbons (Fsp3) is 0.412. The number of pyridine rings is 1. The van der Waals surface area contributed by atoms with Crippen LogP contribution < -0.4 is 10.6 Å². The van der Waals surface area contributed by atoms with Gasteiger partial charge in [0, 0.05) is 24.2 Å². The average Bonchev–Trinajstić information content (AvgIpc) is 2.48. The number of hydrogen-bond acceptors (Lipinski definition) is 3. The smallest absolute Gasteiger partial charge is 0.107 e. The van der Waals surface area contributed by atoms with Gasteiger partial charge < -0.3 is 10.6 Å². The third-order valence-corrected chi connectivity index (χ3v) is 4.64. The predicted molar refractivity (Wildman–Crippen MR) is 92.8 cm³/mol. The molecule has 4 heteroatoms. The summed E-state index contributed by atoms with van der Waals surface area (Å²) in [6.45, 7) is 5.64. The van der Waals surface area contributed by atoms with Crippen molar-refractivity contribution < 1.29 is 0 Å². The number of nitrogens with two attached hydrogens (primary N) is 1. The van der Waals surface area contributed by atoms with E-state index >= 15 is 0 Å². The summed E-state index contributed by atoms with van der Waals surface area (Å²) in [5.41, 5.74) is 9.01. The van der Waals surface area contributed by atoms with Crippen LogP contribution >= 0.6 is 12.2 Å². The molecule has 2 unspecified atom stereocenters. The first-order valence-corrected chi connectivity index (χ1v) is 7.93. The minimum absolute atomic E-state index is 0.425. The highest BCUT2D eigenvalue weighted by molar-refractivity contribution is 7.80. The number of anilines is 1. The summed E-state index contributed by atoms with van der Waals surface area (Å²) in [5, 5.41) is 1.14. The topological polar surface area (TPSA) is 42.1 Å². The Hall–Kier alpha value is -1.68. The number of para-hydroxylation sites is 1. The molecule has 2 atom stereocenters. The van der Waals surface area contributed by atoms with E-state index in [1.165, 1.54) is 12.8 Å². The number of nitrogens with zero attached hydrogens (tertiary/aromatic N) is 2. The van der Waals surface area contributed by atoms with E-state index in [-0.39, 0.29) is 0 Å². The molecule has 110 valence electrons. The third kappa shape index (κ3) is 2.60. The zero-order valence-corrected chi connectivity index (χ0v) is 13.4. The number of rotatable bonds is 2. The zero-order chi connectivity index (χ0) is 15.0. The first-order chi connectivity index (χ1) is 10.1. The van der Waals surface area contributed by atoms with Gasteiger partial charge in [-0.15, -0.1) is 0 Å². The second-order valence-corrected chi connectivity index (χ2v) is 6.53. The number of thiocarbonyl (C=S) groups is 1. The molecule has 1 aromatic carbocycles. The molecule has 2 aromatic rings.